The van der Waals surface area contributed by atoms with E-state index in [1.165, 1.54) is 5.56 Å². The summed E-state index contributed by atoms with van der Waals surface area (Å²) in [7, 11) is 1.83. The quantitative estimate of drug-likeness (QED) is 0.783. The first-order valence-corrected chi connectivity index (χ1v) is 10.2. The van der Waals surface area contributed by atoms with Gasteiger partial charge in [0.05, 0.1) is 24.5 Å². The minimum Gasteiger partial charge on any atom is -0.487 e. The van der Waals surface area contributed by atoms with Crippen LogP contribution in [0.25, 0.3) is 0 Å². The van der Waals surface area contributed by atoms with Gasteiger partial charge in [0.25, 0.3) is 0 Å². The maximum Gasteiger partial charge on any atom is 0.241 e. The summed E-state index contributed by atoms with van der Waals surface area (Å²) in [4.78, 5) is 29.4. The molecule has 1 aliphatic carbocycles. The summed E-state index contributed by atoms with van der Waals surface area (Å²) in [5.41, 5.74) is 3.95. The second-order valence-corrected chi connectivity index (χ2v) is 8.12. The number of anilines is 1. The third-order valence-electron chi connectivity index (χ3n) is 6.21. The molecule has 7 nitrogen and oxygen atoms in total. The van der Waals surface area contributed by atoms with Crippen LogP contribution in [0.1, 0.15) is 43.0 Å². The Hall–Kier alpha value is -2.96. The smallest absolute Gasteiger partial charge is 0.241 e. The largest absolute Gasteiger partial charge is 0.487 e. The number of hydrogen-bond acceptors (Lipinski definition) is 6. The Balaban J connectivity index is 1.41. The van der Waals surface area contributed by atoms with Gasteiger partial charge in [0, 0.05) is 31.8 Å². The van der Waals surface area contributed by atoms with E-state index in [9.17, 15) is 4.79 Å². The number of ether oxygens (including phenoxy) is 1. The van der Waals surface area contributed by atoms with Gasteiger partial charge in [-0.1, -0.05) is 13.0 Å². The van der Waals surface area contributed by atoms with Gasteiger partial charge in [-0.3, -0.25) is 9.79 Å². The number of aliphatic imine (C=N–C) groups is 1. The van der Waals surface area contributed by atoms with Crippen LogP contribution in [0.4, 0.5) is 5.82 Å². The zero-order chi connectivity index (χ0) is 20.0. The number of hydrogen-bond donors (Lipinski definition) is 0. The molecule has 0 N–H and O–H groups in total. The first kappa shape index (κ1) is 18.1. The van der Waals surface area contributed by atoms with Crippen molar-refractivity contribution in [3.8, 4) is 5.75 Å². The molecule has 7 heteroatoms. The number of piperazine rings is 1. The van der Waals surface area contributed by atoms with Gasteiger partial charge < -0.3 is 14.5 Å². The molecule has 0 atom stereocenters. The molecule has 1 saturated heterocycles. The van der Waals surface area contributed by atoms with Crippen molar-refractivity contribution in [2.24, 2.45) is 4.99 Å². The fourth-order valence-electron chi connectivity index (χ4n) is 3.97. The van der Waals surface area contributed by atoms with Gasteiger partial charge in [-0.05, 0) is 37.0 Å². The van der Waals surface area contributed by atoms with Crippen molar-refractivity contribution < 1.29 is 9.53 Å². The molecule has 2 aliphatic heterocycles. The molecule has 5 rings (SSSR count). The first-order chi connectivity index (χ1) is 14.1. The average molecular weight is 391 g/mol. The van der Waals surface area contributed by atoms with E-state index >= 15 is 0 Å². The van der Waals surface area contributed by atoms with E-state index in [1.807, 2.05) is 24.1 Å². The fourth-order valence-corrected chi connectivity index (χ4v) is 3.97. The van der Waals surface area contributed by atoms with E-state index in [4.69, 9.17) is 9.73 Å². The predicted octanol–water partition coefficient (Wildman–Crippen LogP) is 2.43. The molecule has 1 saturated carbocycles. The normalized spacial score (nSPS) is 19.8. The van der Waals surface area contributed by atoms with Crippen LogP contribution in [0.5, 0.6) is 5.75 Å². The number of aromatic nitrogens is 2. The van der Waals surface area contributed by atoms with Crippen molar-refractivity contribution in [2.75, 3.05) is 31.6 Å². The molecule has 1 aromatic carbocycles. The summed E-state index contributed by atoms with van der Waals surface area (Å²) in [6.45, 7) is 4.63. The Morgan fingerprint density at radius 2 is 2.03 bits per heavy atom. The van der Waals surface area contributed by atoms with Crippen LogP contribution >= 0.6 is 0 Å². The molecule has 0 spiro atoms. The minimum absolute atomic E-state index is 0.0280. The zero-order valence-corrected chi connectivity index (χ0v) is 16.9. The van der Waals surface area contributed by atoms with Gasteiger partial charge in [0.2, 0.25) is 5.91 Å². The molecule has 29 heavy (non-hydrogen) atoms. The van der Waals surface area contributed by atoms with E-state index in [1.54, 1.807) is 11.2 Å². The van der Waals surface area contributed by atoms with E-state index < -0.39 is 0 Å². The summed E-state index contributed by atoms with van der Waals surface area (Å²) >= 11 is 0. The second-order valence-electron chi connectivity index (χ2n) is 8.12. The summed E-state index contributed by atoms with van der Waals surface area (Å²) in [5, 5.41) is 0. The van der Waals surface area contributed by atoms with Crippen LogP contribution in [0.2, 0.25) is 0 Å². The highest BCUT2D eigenvalue weighted by Gasteiger charge is 2.43. The topological polar surface area (TPSA) is 70.9 Å². The molecule has 0 bridgehead atoms. The number of benzene rings is 1. The summed E-state index contributed by atoms with van der Waals surface area (Å²) in [6.07, 6.45) is 4.84. The fraction of sp³-hybridized carbons (Fsp3) is 0.455. The Morgan fingerprint density at radius 3 is 2.79 bits per heavy atom. The Bertz CT molecular complexity index is 998. The molecule has 2 aromatic rings. The molecule has 0 unspecified atom stereocenters. The van der Waals surface area contributed by atoms with Gasteiger partial charge >= 0.3 is 0 Å². The summed E-state index contributed by atoms with van der Waals surface area (Å²) < 4.78 is 6.27. The lowest BCUT2D eigenvalue weighted by molar-refractivity contribution is -0.129. The number of fused-ring (bicyclic) bond motifs is 1. The predicted molar refractivity (Wildman–Crippen MR) is 111 cm³/mol. The van der Waals surface area contributed by atoms with Crippen molar-refractivity contribution in [1.82, 2.24) is 14.9 Å². The monoisotopic (exact) mass is 391 g/mol. The maximum atomic E-state index is 12.1. The molecule has 1 amide bonds. The van der Waals surface area contributed by atoms with Gasteiger partial charge in [0.15, 0.2) is 0 Å². The van der Waals surface area contributed by atoms with Crippen molar-refractivity contribution in [3.05, 3.63) is 47.4 Å². The number of carbonyl (C=O) groups excluding carboxylic acids is 1. The number of nitrogens with zero attached hydrogens (tertiary/aromatic N) is 5. The van der Waals surface area contributed by atoms with Gasteiger partial charge in [-0.25, -0.2) is 9.97 Å². The van der Waals surface area contributed by atoms with Crippen LogP contribution < -0.4 is 9.64 Å². The lowest BCUT2D eigenvalue weighted by atomic mass is 10.0. The number of carbonyl (C=O) groups is 1. The SMILES string of the molecule is CCC1(Oc2ccc3c(c2)C(c2cc(N4CCN(C)C(=O)C4)ncn2)=NC3)CC1. The van der Waals surface area contributed by atoms with Crippen LogP contribution in [0.15, 0.2) is 35.6 Å². The average Bonchev–Trinajstić information content (AvgIpc) is 3.39. The summed E-state index contributed by atoms with van der Waals surface area (Å²) in [6, 6.07) is 8.19. The molecule has 3 aliphatic rings. The van der Waals surface area contributed by atoms with E-state index in [0.29, 0.717) is 19.6 Å². The molecular weight excluding hydrogens is 366 g/mol. The van der Waals surface area contributed by atoms with Crippen molar-refractivity contribution in [1.29, 1.82) is 0 Å². The van der Waals surface area contributed by atoms with Crippen LogP contribution in [0.3, 0.4) is 0 Å². The van der Waals surface area contributed by atoms with Crippen LogP contribution in [0, 0.1) is 0 Å². The molecule has 1 aromatic heterocycles. The molecule has 3 heterocycles. The number of rotatable bonds is 5. The van der Waals surface area contributed by atoms with Crippen LogP contribution in [-0.4, -0.2) is 58.8 Å². The Kier molecular flexibility index (Phi) is 4.26. The van der Waals surface area contributed by atoms with Gasteiger partial charge in [-0.2, -0.15) is 0 Å². The molecule has 150 valence electrons. The first-order valence-electron chi connectivity index (χ1n) is 10.2. The maximum absolute atomic E-state index is 12.1. The molecular formula is C22H25N5O2. The van der Waals surface area contributed by atoms with Gasteiger partial charge in [-0.15, -0.1) is 0 Å². The highest BCUT2D eigenvalue weighted by Crippen LogP contribution is 2.43. The third-order valence-corrected chi connectivity index (χ3v) is 6.21. The second kappa shape index (κ2) is 6.83. The van der Waals surface area contributed by atoms with Crippen molar-refractivity contribution in [3.63, 3.8) is 0 Å². The molecule has 0 radical (unpaired) electrons. The van der Waals surface area contributed by atoms with Crippen molar-refractivity contribution in [2.45, 2.75) is 38.3 Å². The van der Waals surface area contributed by atoms with Crippen molar-refractivity contribution >= 4 is 17.4 Å². The van der Waals surface area contributed by atoms with E-state index in [-0.39, 0.29) is 11.5 Å². The zero-order valence-electron chi connectivity index (χ0n) is 16.9. The molecule has 2 fully saturated rings. The highest BCUT2D eigenvalue weighted by molar-refractivity contribution is 6.14. The lowest BCUT2D eigenvalue weighted by Crippen LogP contribution is -2.48. The third kappa shape index (κ3) is 3.34. The summed E-state index contributed by atoms with van der Waals surface area (Å²) in [5.74, 6) is 1.77. The van der Waals surface area contributed by atoms with E-state index in [2.05, 4.69) is 29.0 Å². The standard InChI is InChI=1S/C22H25N5O2/c1-3-22(6-7-22)29-16-5-4-15-12-23-21(17(15)10-16)18-11-19(25-14-24-18)27-9-8-26(2)20(28)13-27/h4-5,10-11,14H,3,6-9,12-13H2,1-2H3. The van der Waals surface area contributed by atoms with E-state index in [0.717, 1.165) is 54.3 Å². The minimum atomic E-state index is 0.0280. The number of amides is 1. The highest BCUT2D eigenvalue weighted by atomic mass is 16.5. The lowest BCUT2D eigenvalue weighted by Gasteiger charge is -2.32. The number of likely N-dealkylation sites (N-methyl/N-ethyl adjacent to an activating group) is 1. The van der Waals surface area contributed by atoms with Crippen LogP contribution in [-0.2, 0) is 11.3 Å². The van der Waals surface area contributed by atoms with Gasteiger partial charge in [0.1, 0.15) is 23.5 Å². The Labute approximate surface area is 170 Å². The Morgan fingerprint density at radius 1 is 1.17 bits per heavy atom.